The summed E-state index contributed by atoms with van der Waals surface area (Å²) in [5.41, 5.74) is 2.56. The molecule has 7 heteroatoms. The molecule has 0 unspecified atom stereocenters. The van der Waals surface area contributed by atoms with Crippen LogP contribution in [0.4, 0.5) is 0 Å². The molecular formula is C23H27N3O4. The van der Waals surface area contributed by atoms with E-state index >= 15 is 0 Å². The molecule has 0 radical (unpaired) electrons. The standard InChI is InChI=1S/C23H27N3O4/c1-28-19-13-16(14-20(29-2)22(19)30-3)23-24-17-9-5-6-10-18(17)26(23)15-21(27)25-11-7-4-8-12-25/h5-6,9-10,13-14H,4,7-8,11-12,15H2,1-3H3. The Kier molecular flexibility index (Phi) is 5.79. The van der Waals surface area contributed by atoms with Crippen molar-refractivity contribution in [2.75, 3.05) is 34.4 Å². The molecule has 3 aromatic rings. The van der Waals surface area contributed by atoms with Crippen LogP contribution in [-0.4, -0.2) is 54.8 Å². The van der Waals surface area contributed by atoms with Crippen LogP contribution in [0.1, 0.15) is 19.3 Å². The van der Waals surface area contributed by atoms with E-state index in [4.69, 9.17) is 19.2 Å². The Morgan fingerprint density at radius 3 is 2.27 bits per heavy atom. The van der Waals surface area contributed by atoms with Gasteiger partial charge in [-0.05, 0) is 43.5 Å². The number of ether oxygens (including phenoxy) is 3. The van der Waals surface area contributed by atoms with Gasteiger partial charge in [0.15, 0.2) is 11.5 Å². The van der Waals surface area contributed by atoms with E-state index in [0.29, 0.717) is 23.1 Å². The maximum atomic E-state index is 13.0. The average Bonchev–Trinajstić information content (AvgIpc) is 3.16. The lowest BCUT2D eigenvalue weighted by Crippen LogP contribution is -2.37. The molecule has 158 valence electrons. The number of rotatable bonds is 6. The molecule has 1 fully saturated rings. The number of amides is 1. The number of carbonyl (C=O) groups excluding carboxylic acids is 1. The minimum atomic E-state index is 0.117. The van der Waals surface area contributed by atoms with Crippen LogP contribution in [0.5, 0.6) is 17.2 Å². The summed E-state index contributed by atoms with van der Waals surface area (Å²) in [4.78, 5) is 19.8. The summed E-state index contributed by atoms with van der Waals surface area (Å²) >= 11 is 0. The zero-order valence-corrected chi connectivity index (χ0v) is 17.7. The third-order valence-electron chi connectivity index (χ3n) is 5.58. The van der Waals surface area contributed by atoms with E-state index in [9.17, 15) is 4.79 Å². The molecule has 30 heavy (non-hydrogen) atoms. The number of aromatic nitrogens is 2. The highest BCUT2D eigenvalue weighted by Gasteiger charge is 2.22. The molecular weight excluding hydrogens is 382 g/mol. The Morgan fingerprint density at radius 1 is 0.967 bits per heavy atom. The van der Waals surface area contributed by atoms with Gasteiger partial charge in [-0.15, -0.1) is 0 Å². The molecule has 0 saturated carbocycles. The second-order valence-electron chi connectivity index (χ2n) is 7.37. The van der Waals surface area contributed by atoms with Crippen molar-refractivity contribution in [3.63, 3.8) is 0 Å². The van der Waals surface area contributed by atoms with Crippen LogP contribution >= 0.6 is 0 Å². The molecule has 1 aromatic heterocycles. The third kappa shape index (κ3) is 3.67. The summed E-state index contributed by atoms with van der Waals surface area (Å²) < 4.78 is 18.5. The fourth-order valence-electron chi connectivity index (χ4n) is 4.04. The number of benzene rings is 2. The number of likely N-dealkylation sites (tertiary alicyclic amines) is 1. The highest BCUT2D eigenvalue weighted by atomic mass is 16.5. The van der Waals surface area contributed by atoms with Crippen molar-refractivity contribution < 1.29 is 19.0 Å². The number of hydrogen-bond donors (Lipinski definition) is 0. The zero-order valence-electron chi connectivity index (χ0n) is 17.7. The van der Waals surface area contributed by atoms with Gasteiger partial charge < -0.3 is 23.7 Å². The molecule has 1 aliphatic rings. The average molecular weight is 409 g/mol. The second-order valence-corrected chi connectivity index (χ2v) is 7.37. The van der Waals surface area contributed by atoms with Crippen molar-refractivity contribution >= 4 is 16.9 Å². The lowest BCUT2D eigenvalue weighted by Gasteiger charge is -2.27. The summed E-state index contributed by atoms with van der Waals surface area (Å²) in [6.07, 6.45) is 3.32. The van der Waals surface area contributed by atoms with Gasteiger partial charge >= 0.3 is 0 Å². The monoisotopic (exact) mass is 409 g/mol. The van der Waals surface area contributed by atoms with E-state index in [1.165, 1.54) is 6.42 Å². The summed E-state index contributed by atoms with van der Waals surface area (Å²) in [6, 6.07) is 11.6. The first kappa shape index (κ1) is 20.1. The van der Waals surface area contributed by atoms with E-state index in [2.05, 4.69) is 0 Å². The number of piperidine rings is 1. The summed E-state index contributed by atoms with van der Waals surface area (Å²) in [7, 11) is 4.75. The van der Waals surface area contributed by atoms with E-state index in [0.717, 1.165) is 42.5 Å². The number of fused-ring (bicyclic) bond motifs is 1. The van der Waals surface area contributed by atoms with Crippen LogP contribution in [0.15, 0.2) is 36.4 Å². The Balaban J connectivity index is 1.81. The molecule has 0 aliphatic carbocycles. The highest BCUT2D eigenvalue weighted by molar-refractivity contribution is 5.85. The van der Waals surface area contributed by atoms with Crippen molar-refractivity contribution in [2.24, 2.45) is 0 Å². The van der Waals surface area contributed by atoms with Crippen molar-refractivity contribution in [2.45, 2.75) is 25.8 Å². The second kappa shape index (κ2) is 8.65. The van der Waals surface area contributed by atoms with Crippen LogP contribution < -0.4 is 14.2 Å². The minimum absolute atomic E-state index is 0.117. The van der Waals surface area contributed by atoms with Gasteiger partial charge in [-0.1, -0.05) is 12.1 Å². The molecule has 0 N–H and O–H groups in total. The number of nitrogens with zero attached hydrogens (tertiary/aromatic N) is 3. The molecule has 1 saturated heterocycles. The van der Waals surface area contributed by atoms with Crippen molar-refractivity contribution in [1.29, 1.82) is 0 Å². The molecule has 0 bridgehead atoms. The number of para-hydroxylation sites is 2. The largest absolute Gasteiger partial charge is 0.493 e. The molecule has 0 atom stereocenters. The van der Waals surface area contributed by atoms with Gasteiger partial charge in [0.2, 0.25) is 11.7 Å². The maximum Gasteiger partial charge on any atom is 0.242 e. The van der Waals surface area contributed by atoms with E-state index in [-0.39, 0.29) is 12.5 Å². The summed E-state index contributed by atoms with van der Waals surface area (Å²) in [6.45, 7) is 1.89. The quantitative estimate of drug-likeness (QED) is 0.621. The van der Waals surface area contributed by atoms with Crippen LogP contribution in [0.3, 0.4) is 0 Å². The zero-order chi connectivity index (χ0) is 21.1. The van der Waals surface area contributed by atoms with Crippen LogP contribution in [0, 0.1) is 0 Å². The number of hydrogen-bond acceptors (Lipinski definition) is 5. The molecule has 4 rings (SSSR count). The van der Waals surface area contributed by atoms with Gasteiger partial charge in [0, 0.05) is 18.7 Å². The molecule has 1 amide bonds. The van der Waals surface area contributed by atoms with Crippen LogP contribution in [0.25, 0.3) is 22.4 Å². The fraction of sp³-hybridized carbons (Fsp3) is 0.391. The Labute approximate surface area is 176 Å². The fourth-order valence-corrected chi connectivity index (χ4v) is 4.04. The number of imidazole rings is 1. The Morgan fingerprint density at radius 2 is 1.63 bits per heavy atom. The first-order chi connectivity index (χ1) is 14.7. The Bertz CT molecular complexity index is 1030. The minimum Gasteiger partial charge on any atom is -0.493 e. The summed E-state index contributed by atoms with van der Waals surface area (Å²) in [5.74, 6) is 2.43. The maximum absolute atomic E-state index is 13.0. The topological polar surface area (TPSA) is 65.8 Å². The lowest BCUT2D eigenvalue weighted by atomic mass is 10.1. The first-order valence-electron chi connectivity index (χ1n) is 10.2. The predicted octanol–water partition coefficient (Wildman–Crippen LogP) is 3.74. The van der Waals surface area contributed by atoms with E-state index in [1.807, 2.05) is 45.9 Å². The summed E-state index contributed by atoms with van der Waals surface area (Å²) in [5, 5.41) is 0. The molecule has 7 nitrogen and oxygen atoms in total. The van der Waals surface area contributed by atoms with Gasteiger partial charge in [0.05, 0.1) is 32.4 Å². The van der Waals surface area contributed by atoms with E-state index in [1.54, 1.807) is 21.3 Å². The third-order valence-corrected chi connectivity index (χ3v) is 5.58. The highest BCUT2D eigenvalue weighted by Crippen LogP contribution is 2.41. The number of methoxy groups -OCH3 is 3. The van der Waals surface area contributed by atoms with Gasteiger partial charge in [0.25, 0.3) is 0 Å². The van der Waals surface area contributed by atoms with Crippen LogP contribution in [-0.2, 0) is 11.3 Å². The molecule has 2 heterocycles. The van der Waals surface area contributed by atoms with Gasteiger partial charge in [-0.2, -0.15) is 0 Å². The van der Waals surface area contributed by atoms with Crippen LogP contribution in [0.2, 0.25) is 0 Å². The lowest BCUT2D eigenvalue weighted by molar-refractivity contribution is -0.132. The predicted molar refractivity (Wildman–Crippen MR) is 115 cm³/mol. The van der Waals surface area contributed by atoms with E-state index < -0.39 is 0 Å². The number of carbonyl (C=O) groups is 1. The first-order valence-corrected chi connectivity index (χ1v) is 10.2. The van der Waals surface area contributed by atoms with Crippen molar-refractivity contribution in [1.82, 2.24) is 14.5 Å². The van der Waals surface area contributed by atoms with Crippen molar-refractivity contribution in [3.05, 3.63) is 36.4 Å². The van der Waals surface area contributed by atoms with Gasteiger partial charge in [-0.3, -0.25) is 4.79 Å². The SMILES string of the molecule is COc1cc(-c2nc3ccccc3n2CC(=O)N2CCCCC2)cc(OC)c1OC. The smallest absolute Gasteiger partial charge is 0.242 e. The Hall–Kier alpha value is -3.22. The molecule has 2 aromatic carbocycles. The van der Waals surface area contributed by atoms with Gasteiger partial charge in [0.1, 0.15) is 12.4 Å². The normalized spacial score (nSPS) is 14.0. The molecule has 1 aliphatic heterocycles. The van der Waals surface area contributed by atoms with Crippen molar-refractivity contribution in [3.8, 4) is 28.6 Å². The van der Waals surface area contributed by atoms with Gasteiger partial charge in [-0.25, -0.2) is 4.98 Å². The molecule has 0 spiro atoms.